The van der Waals surface area contributed by atoms with Crippen molar-refractivity contribution in [2.75, 3.05) is 20.2 Å². The maximum Gasteiger partial charge on any atom is 0.318 e. The Kier molecular flexibility index (Phi) is 3.88. The minimum atomic E-state index is -0.851. The normalized spacial score (nSPS) is 18.2. The Hall–Kier alpha value is -2.17. The third kappa shape index (κ3) is 2.57. The zero-order valence-electron chi connectivity index (χ0n) is 11.8. The molecule has 0 saturated carbocycles. The summed E-state index contributed by atoms with van der Waals surface area (Å²) >= 11 is 0. The van der Waals surface area contributed by atoms with Crippen LogP contribution >= 0.6 is 0 Å². The fourth-order valence-corrected chi connectivity index (χ4v) is 2.25. The van der Waals surface area contributed by atoms with E-state index in [1.165, 1.54) is 12.0 Å². The number of carbonyl (C=O) groups excluding carboxylic acids is 3. The van der Waals surface area contributed by atoms with Crippen LogP contribution in [0.2, 0.25) is 0 Å². The summed E-state index contributed by atoms with van der Waals surface area (Å²) in [6.45, 7) is 3.96. The molecule has 1 unspecified atom stereocenters. The van der Waals surface area contributed by atoms with E-state index >= 15 is 0 Å². The van der Waals surface area contributed by atoms with Gasteiger partial charge >= 0.3 is 5.97 Å². The van der Waals surface area contributed by atoms with Crippen molar-refractivity contribution in [3.05, 3.63) is 34.9 Å². The van der Waals surface area contributed by atoms with Crippen LogP contribution in [0.4, 0.5) is 0 Å². The van der Waals surface area contributed by atoms with Crippen LogP contribution in [0, 0.1) is 19.8 Å². The molecule has 5 nitrogen and oxygen atoms in total. The second-order valence-corrected chi connectivity index (χ2v) is 5.03. The van der Waals surface area contributed by atoms with E-state index < -0.39 is 11.9 Å². The molecule has 0 aromatic heterocycles. The molecule has 2 rings (SSSR count). The number of benzene rings is 1. The van der Waals surface area contributed by atoms with Crippen LogP contribution in [0.1, 0.15) is 21.5 Å². The summed E-state index contributed by atoms with van der Waals surface area (Å²) in [7, 11) is 1.24. The quantitative estimate of drug-likeness (QED) is 0.599. The van der Waals surface area contributed by atoms with Gasteiger partial charge in [-0.3, -0.25) is 14.4 Å². The Morgan fingerprint density at radius 1 is 1.25 bits per heavy atom. The van der Waals surface area contributed by atoms with Crippen molar-refractivity contribution >= 4 is 17.7 Å². The van der Waals surface area contributed by atoms with Gasteiger partial charge in [0.05, 0.1) is 13.7 Å². The predicted molar refractivity (Wildman–Crippen MR) is 72.3 cm³/mol. The lowest BCUT2D eigenvalue weighted by Crippen LogP contribution is -2.30. The molecule has 1 atom stereocenters. The maximum atomic E-state index is 12.3. The van der Waals surface area contributed by atoms with Crippen LogP contribution in [0.5, 0.6) is 0 Å². The molecule has 1 amide bonds. The zero-order valence-corrected chi connectivity index (χ0v) is 11.8. The summed E-state index contributed by atoms with van der Waals surface area (Å²) in [5, 5.41) is 0. The van der Waals surface area contributed by atoms with Crippen LogP contribution in [-0.4, -0.2) is 42.8 Å². The number of hydrogen-bond donors (Lipinski definition) is 0. The van der Waals surface area contributed by atoms with Crippen LogP contribution in [0.15, 0.2) is 18.2 Å². The molecule has 1 heterocycles. The van der Waals surface area contributed by atoms with E-state index in [1.807, 2.05) is 19.9 Å². The van der Waals surface area contributed by atoms with Gasteiger partial charge in [-0.05, 0) is 37.1 Å². The molecule has 0 spiro atoms. The van der Waals surface area contributed by atoms with Crippen LogP contribution in [0.25, 0.3) is 0 Å². The molecule has 1 aromatic carbocycles. The Balaban J connectivity index is 2.16. The van der Waals surface area contributed by atoms with E-state index in [0.717, 1.165) is 11.1 Å². The molecule has 1 saturated heterocycles. The smallest absolute Gasteiger partial charge is 0.318 e. The number of aryl methyl sites for hydroxylation is 2. The van der Waals surface area contributed by atoms with Crippen LogP contribution in [-0.2, 0) is 14.3 Å². The monoisotopic (exact) mass is 275 g/mol. The molecule has 0 N–H and O–H groups in total. The number of rotatable bonds is 2. The molecule has 1 fully saturated rings. The number of esters is 1. The van der Waals surface area contributed by atoms with Crippen molar-refractivity contribution in [3.8, 4) is 0 Å². The SMILES string of the molecule is COC(=O)C1CN(C(=O)c2ccc(C)c(C)c2)CC1=O. The van der Waals surface area contributed by atoms with Gasteiger partial charge in [-0.25, -0.2) is 0 Å². The first-order chi connectivity index (χ1) is 9.43. The van der Waals surface area contributed by atoms with Crippen LogP contribution < -0.4 is 0 Å². The van der Waals surface area contributed by atoms with Crippen LogP contribution in [0.3, 0.4) is 0 Å². The summed E-state index contributed by atoms with van der Waals surface area (Å²) in [6, 6.07) is 5.41. The highest BCUT2D eigenvalue weighted by atomic mass is 16.5. The van der Waals surface area contributed by atoms with E-state index in [-0.39, 0.29) is 24.8 Å². The molecule has 1 aliphatic heterocycles. The predicted octanol–water partition coefficient (Wildman–Crippen LogP) is 1.12. The topological polar surface area (TPSA) is 63.7 Å². The summed E-state index contributed by atoms with van der Waals surface area (Å²) in [5.74, 6) is -1.93. The number of nitrogens with zero attached hydrogens (tertiary/aromatic N) is 1. The molecular formula is C15H17NO4. The van der Waals surface area contributed by atoms with Gasteiger partial charge in [-0.1, -0.05) is 6.07 Å². The third-order valence-electron chi connectivity index (χ3n) is 3.67. The lowest BCUT2D eigenvalue weighted by molar-refractivity contribution is -0.147. The number of amides is 1. The van der Waals surface area contributed by atoms with E-state index in [4.69, 9.17) is 0 Å². The van der Waals surface area contributed by atoms with Crippen molar-refractivity contribution in [1.29, 1.82) is 0 Å². The maximum absolute atomic E-state index is 12.3. The van der Waals surface area contributed by atoms with E-state index in [2.05, 4.69) is 4.74 Å². The minimum Gasteiger partial charge on any atom is -0.468 e. The average Bonchev–Trinajstić information content (AvgIpc) is 2.82. The Morgan fingerprint density at radius 3 is 2.55 bits per heavy atom. The number of methoxy groups -OCH3 is 1. The average molecular weight is 275 g/mol. The van der Waals surface area contributed by atoms with Crippen molar-refractivity contribution in [2.24, 2.45) is 5.92 Å². The summed E-state index contributed by atoms with van der Waals surface area (Å²) in [6.07, 6.45) is 0. The molecule has 0 bridgehead atoms. The Labute approximate surface area is 117 Å². The highest BCUT2D eigenvalue weighted by Gasteiger charge is 2.39. The number of carbonyl (C=O) groups is 3. The zero-order chi connectivity index (χ0) is 14.9. The summed E-state index contributed by atoms with van der Waals surface area (Å²) in [5.41, 5.74) is 2.66. The Morgan fingerprint density at radius 2 is 1.95 bits per heavy atom. The van der Waals surface area contributed by atoms with E-state index in [1.54, 1.807) is 12.1 Å². The second kappa shape index (κ2) is 5.45. The van der Waals surface area contributed by atoms with Crippen molar-refractivity contribution in [2.45, 2.75) is 13.8 Å². The molecule has 20 heavy (non-hydrogen) atoms. The van der Waals surface area contributed by atoms with E-state index in [9.17, 15) is 14.4 Å². The molecule has 0 aliphatic carbocycles. The highest BCUT2D eigenvalue weighted by molar-refractivity contribution is 6.06. The van der Waals surface area contributed by atoms with Gasteiger partial charge < -0.3 is 9.64 Å². The van der Waals surface area contributed by atoms with Crippen molar-refractivity contribution < 1.29 is 19.1 Å². The molecule has 1 aliphatic rings. The van der Waals surface area contributed by atoms with Gasteiger partial charge in [0.25, 0.3) is 5.91 Å². The fourth-order valence-electron chi connectivity index (χ4n) is 2.25. The lowest BCUT2D eigenvalue weighted by Gasteiger charge is -2.15. The first-order valence-electron chi connectivity index (χ1n) is 6.41. The number of ketones is 1. The van der Waals surface area contributed by atoms with Gasteiger partial charge in [0.1, 0.15) is 5.92 Å². The lowest BCUT2D eigenvalue weighted by atomic mass is 10.1. The second-order valence-electron chi connectivity index (χ2n) is 5.03. The fraction of sp³-hybridized carbons (Fsp3) is 0.400. The number of ether oxygens (including phenoxy) is 1. The Bertz CT molecular complexity index is 579. The molecule has 0 radical (unpaired) electrons. The van der Waals surface area contributed by atoms with E-state index in [0.29, 0.717) is 5.56 Å². The van der Waals surface area contributed by atoms with Gasteiger partial charge in [0.2, 0.25) is 0 Å². The van der Waals surface area contributed by atoms with Gasteiger partial charge in [-0.2, -0.15) is 0 Å². The van der Waals surface area contributed by atoms with Crippen molar-refractivity contribution in [3.63, 3.8) is 0 Å². The number of Topliss-reactive ketones (excluding diaryl/α,β-unsaturated/α-hetero) is 1. The summed E-state index contributed by atoms with van der Waals surface area (Å²) in [4.78, 5) is 36.9. The minimum absolute atomic E-state index is 0.0362. The van der Waals surface area contributed by atoms with Gasteiger partial charge in [-0.15, -0.1) is 0 Å². The van der Waals surface area contributed by atoms with Gasteiger partial charge in [0, 0.05) is 12.1 Å². The first-order valence-corrected chi connectivity index (χ1v) is 6.41. The standard InChI is InChI=1S/C15H17NO4/c1-9-4-5-11(6-10(9)2)14(18)16-7-12(13(17)8-16)15(19)20-3/h4-6,12H,7-8H2,1-3H3. The van der Waals surface area contributed by atoms with Gasteiger partial charge in [0.15, 0.2) is 5.78 Å². The number of hydrogen-bond acceptors (Lipinski definition) is 4. The number of likely N-dealkylation sites (tertiary alicyclic amines) is 1. The highest BCUT2D eigenvalue weighted by Crippen LogP contribution is 2.18. The molecular weight excluding hydrogens is 258 g/mol. The largest absolute Gasteiger partial charge is 0.468 e. The first kappa shape index (κ1) is 14.2. The molecule has 106 valence electrons. The summed E-state index contributed by atoms with van der Waals surface area (Å²) < 4.78 is 4.58. The molecule has 1 aromatic rings. The van der Waals surface area contributed by atoms with Crippen molar-refractivity contribution in [1.82, 2.24) is 4.90 Å². The molecule has 5 heteroatoms. The third-order valence-corrected chi connectivity index (χ3v) is 3.67.